The Kier molecular flexibility index (Phi) is 7.01. The molecule has 1 aromatic carbocycles. The van der Waals surface area contributed by atoms with Crippen LogP contribution < -0.4 is 4.74 Å². The quantitative estimate of drug-likeness (QED) is 0.312. The number of hydrogen-bond donors (Lipinski definition) is 2. The van der Waals surface area contributed by atoms with Crippen molar-refractivity contribution in [2.75, 3.05) is 19.7 Å². The Bertz CT molecular complexity index is 695. The number of aromatic amines is 1. The molecule has 1 aromatic heterocycles. The Morgan fingerprint density at radius 2 is 2.12 bits per heavy atom. The molecular formula is C19H27N5O2. The number of H-pyrrole nitrogens is 1. The average molecular weight is 357 g/mol. The number of ether oxygens (including phenoxy) is 1. The fraction of sp³-hybridized carbons (Fsp3) is 0.526. The Morgan fingerprint density at radius 1 is 1.23 bits per heavy atom. The van der Waals surface area contributed by atoms with Gasteiger partial charge in [-0.3, -0.25) is 10.00 Å². The van der Waals surface area contributed by atoms with Gasteiger partial charge >= 0.3 is 0 Å². The molecule has 7 heteroatoms. The number of aryl methyl sites for hydroxylation is 1. The molecule has 7 nitrogen and oxygen atoms in total. The summed E-state index contributed by atoms with van der Waals surface area (Å²) in [5.74, 6) is 2.13. The lowest BCUT2D eigenvalue weighted by Gasteiger charge is -2.26. The lowest BCUT2D eigenvalue weighted by atomic mass is 10.1. The lowest BCUT2D eigenvalue weighted by Crippen LogP contribution is -2.29. The van der Waals surface area contributed by atoms with E-state index in [0.29, 0.717) is 12.4 Å². The van der Waals surface area contributed by atoms with E-state index in [9.17, 15) is 0 Å². The maximum atomic E-state index is 8.45. The number of hydrogen-bond acceptors (Lipinski definition) is 6. The summed E-state index contributed by atoms with van der Waals surface area (Å²) in [6.07, 6.45) is 7.90. The van der Waals surface area contributed by atoms with Crippen molar-refractivity contribution in [1.82, 2.24) is 20.1 Å². The molecule has 0 aliphatic carbocycles. The monoisotopic (exact) mass is 357 g/mol. The topological polar surface area (TPSA) is 86.6 Å². The minimum atomic E-state index is 0.393. The van der Waals surface area contributed by atoms with Gasteiger partial charge < -0.3 is 9.94 Å². The van der Waals surface area contributed by atoms with Gasteiger partial charge in [0.15, 0.2) is 5.82 Å². The van der Waals surface area contributed by atoms with Gasteiger partial charge in [0.25, 0.3) is 0 Å². The summed E-state index contributed by atoms with van der Waals surface area (Å²) in [5.41, 5.74) is 1.32. The highest BCUT2D eigenvalue weighted by Crippen LogP contribution is 2.18. The summed E-state index contributed by atoms with van der Waals surface area (Å²) in [7, 11) is 0. The average Bonchev–Trinajstić information content (AvgIpc) is 3.10. The highest BCUT2D eigenvalue weighted by molar-refractivity contribution is 5.73. The Balaban J connectivity index is 1.36. The summed E-state index contributed by atoms with van der Waals surface area (Å²) in [6, 6.07) is 8.44. The zero-order valence-electron chi connectivity index (χ0n) is 15.1. The van der Waals surface area contributed by atoms with E-state index >= 15 is 0 Å². The van der Waals surface area contributed by atoms with Gasteiger partial charge in [-0.1, -0.05) is 23.7 Å². The van der Waals surface area contributed by atoms with E-state index in [0.717, 1.165) is 37.4 Å². The van der Waals surface area contributed by atoms with E-state index < -0.39 is 0 Å². The second kappa shape index (κ2) is 9.91. The standard InChI is InChI=1S/C19H27N5O2/c25-20-14-19-21-18(22-23-19)9-2-5-12-26-17-8-6-7-16(13-17)15-24-10-3-1-4-11-24/h6-8,13-14,25H,1-5,9-12,15H2,(H,21,22,23)/b20-14+. The van der Waals surface area contributed by atoms with Gasteiger partial charge in [0.05, 0.1) is 6.61 Å². The minimum absolute atomic E-state index is 0.393. The molecule has 26 heavy (non-hydrogen) atoms. The molecule has 1 aliphatic rings. The van der Waals surface area contributed by atoms with Crippen molar-refractivity contribution in [3.05, 3.63) is 41.5 Å². The van der Waals surface area contributed by atoms with Gasteiger partial charge in [0.1, 0.15) is 17.8 Å². The second-order valence-electron chi connectivity index (χ2n) is 6.67. The van der Waals surface area contributed by atoms with Crippen LogP contribution in [0.5, 0.6) is 5.75 Å². The van der Waals surface area contributed by atoms with Gasteiger partial charge in [-0.15, -0.1) is 0 Å². The Morgan fingerprint density at radius 3 is 2.96 bits per heavy atom. The first-order valence-electron chi connectivity index (χ1n) is 9.36. The first kappa shape index (κ1) is 18.4. The van der Waals surface area contributed by atoms with Crippen molar-refractivity contribution in [2.45, 2.75) is 45.1 Å². The predicted molar refractivity (Wildman–Crippen MR) is 99.8 cm³/mol. The molecule has 1 fully saturated rings. The summed E-state index contributed by atoms with van der Waals surface area (Å²) in [4.78, 5) is 6.72. The largest absolute Gasteiger partial charge is 0.494 e. The van der Waals surface area contributed by atoms with Gasteiger partial charge in [-0.05, 0) is 56.5 Å². The maximum Gasteiger partial charge on any atom is 0.195 e. The lowest BCUT2D eigenvalue weighted by molar-refractivity contribution is 0.220. The normalized spacial score (nSPS) is 15.5. The van der Waals surface area contributed by atoms with Crippen LogP contribution in [0.25, 0.3) is 0 Å². The summed E-state index contributed by atoms with van der Waals surface area (Å²) in [5, 5.41) is 18.1. The molecular weight excluding hydrogens is 330 g/mol. The second-order valence-corrected chi connectivity index (χ2v) is 6.67. The van der Waals surface area contributed by atoms with Gasteiger partial charge in [0, 0.05) is 13.0 Å². The van der Waals surface area contributed by atoms with Crippen molar-refractivity contribution < 1.29 is 9.94 Å². The van der Waals surface area contributed by atoms with Gasteiger partial charge in [-0.25, -0.2) is 4.98 Å². The number of piperidine rings is 1. The third-order valence-electron chi connectivity index (χ3n) is 4.55. The number of nitrogens with one attached hydrogen (secondary N) is 1. The first-order chi connectivity index (χ1) is 12.8. The molecule has 2 aromatic rings. The van der Waals surface area contributed by atoms with Crippen LogP contribution in [-0.2, 0) is 13.0 Å². The summed E-state index contributed by atoms with van der Waals surface area (Å²) < 4.78 is 5.90. The Hall–Kier alpha value is -2.41. The fourth-order valence-corrected chi connectivity index (χ4v) is 3.23. The molecule has 2 N–H and O–H groups in total. The summed E-state index contributed by atoms with van der Waals surface area (Å²) in [6.45, 7) is 4.12. The first-order valence-corrected chi connectivity index (χ1v) is 9.36. The molecule has 0 bridgehead atoms. The van der Waals surface area contributed by atoms with Crippen LogP contribution >= 0.6 is 0 Å². The number of unbranched alkanes of at least 4 members (excludes halogenated alkanes) is 1. The molecule has 2 heterocycles. The third kappa shape index (κ3) is 5.84. The van der Waals surface area contributed by atoms with Crippen molar-refractivity contribution in [2.24, 2.45) is 5.16 Å². The number of oxime groups is 1. The van der Waals surface area contributed by atoms with E-state index in [1.54, 1.807) is 0 Å². The Labute approximate surface area is 154 Å². The van der Waals surface area contributed by atoms with Crippen molar-refractivity contribution in [1.29, 1.82) is 0 Å². The molecule has 0 amide bonds. The zero-order valence-corrected chi connectivity index (χ0v) is 15.1. The third-order valence-corrected chi connectivity index (χ3v) is 4.55. The van der Waals surface area contributed by atoms with Crippen LogP contribution in [0.4, 0.5) is 0 Å². The molecule has 3 rings (SSSR count). The summed E-state index contributed by atoms with van der Waals surface area (Å²) >= 11 is 0. The molecule has 0 atom stereocenters. The van der Waals surface area contributed by atoms with Crippen molar-refractivity contribution in [3.63, 3.8) is 0 Å². The van der Waals surface area contributed by atoms with E-state index in [2.05, 4.69) is 43.4 Å². The molecule has 1 aliphatic heterocycles. The van der Waals surface area contributed by atoms with Crippen LogP contribution in [0.15, 0.2) is 29.4 Å². The van der Waals surface area contributed by atoms with Crippen molar-refractivity contribution >= 4 is 6.21 Å². The van der Waals surface area contributed by atoms with Gasteiger partial charge in [-0.2, -0.15) is 5.10 Å². The van der Waals surface area contributed by atoms with Crippen LogP contribution in [0.2, 0.25) is 0 Å². The van der Waals surface area contributed by atoms with Crippen molar-refractivity contribution in [3.8, 4) is 5.75 Å². The van der Waals surface area contributed by atoms with Crippen LogP contribution in [0, 0.1) is 0 Å². The number of nitrogens with zero attached hydrogens (tertiary/aromatic N) is 4. The minimum Gasteiger partial charge on any atom is -0.494 e. The van der Waals surface area contributed by atoms with E-state index in [1.165, 1.54) is 44.1 Å². The molecule has 0 spiro atoms. The molecule has 0 unspecified atom stereocenters. The number of benzene rings is 1. The highest BCUT2D eigenvalue weighted by Gasteiger charge is 2.10. The van der Waals surface area contributed by atoms with Crippen LogP contribution in [0.1, 0.15) is 49.3 Å². The molecule has 1 saturated heterocycles. The number of rotatable bonds is 9. The zero-order chi connectivity index (χ0) is 18.0. The smallest absolute Gasteiger partial charge is 0.195 e. The maximum absolute atomic E-state index is 8.45. The van der Waals surface area contributed by atoms with Crippen LogP contribution in [0.3, 0.4) is 0 Å². The number of aromatic nitrogens is 3. The fourth-order valence-electron chi connectivity index (χ4n) is 3.23. The molecule has 0 radical (unpaired) electrons. The van der Waals surface area contributed by atoms with Crippen LogP contribution in [-0.4, -0.2) is 51.2 Å². The molecule has 0 saturated carbocycles. The molecule has 140 valence electrons. The van der Waals surface area contributed by atoms with E-state index in [1.807, 2.05) is 6.07 Å². The van der Waals surface area contributed by atoms with E-state index in [4.69, 9.17) is 9.94 Å². The van der Waals surface area contributed by atoms with E-state index in [-0.39, 0.29) is 0 Å². The SMILES string of the molecule is O/N=C/c1n[nH]c(CCCCOc2cccc(CN3CCCCC3)c2)n1. The van der Waals surface area contributed by atoms with Gasteiger partial charge in [0.2, 0.25) is 0 Å². The number of likely N-dealkylation sites (tertiary alicyclic amines) is 1. The highest BCUT2D eigenvalue weighted by atomic mass is 16.5. The predicted octanol–water partition coefficient (Wildman–Crippen LogP) is 3.00.